The first-order valence-electron chi connectivity index (χ1n) is 6.85. The molecule has 3 heteroatoms. The minimum absolute atomic E-state index is 0.0370. The maximum atomic E-state index is 13.8. The minimum atomic E-state index is -0.0370. The SMILES string of the molecule is NC12CC(CN3CCc4cccc(F)c4C3)(C1)C2. The summed E-state index contributed by atoms with van der Waals surface area (Å²) in [5.41, 5.74) is 8.87. The fourth-order valence-electron chi connectivity index (χ4n) is 4.46. The fourth-order valence-corrected chi connectivity index (χ4v) is 4.46. The van der Waals surface area contributed by atoms with Gasteiger partial charge in [0.05, 0.1) is 0 Å². The van der Waals surface area contributed by atoms with Gasteiger partial charge in [-0.25, -0.2) is 4.39 Å². The van der Waals surface area contributed by atoms with Gasteiger partial charge in [0.2, 0.25) is 0 Å². The molecule has 3 saturated carbocycles. The highest BCUT2D eigenvalue weighted by atomic mass is 19.1. The Bertz CT molecular complexity index is 491. The molecule has 1 aromatic carbocycles. The highest BCUT2D eigenvalue weighted by Crippen LogP contribution is 2.66. The Morgan fingerprint density at radius 2 is 2.06 bits per heavy atom. The monoisotopic (exact) mass is 246 g/mol. The van der Waals surface area contributed by atoms with Crippen molar-refractivity contribution in [1.29, 1.82) is 0 Å². The Labute approximate surface area is 107 Å². The van der Waals surface area contributed by atoms with Crippen LogP contribution in [0.15, 0.2) is 18.2 Å². The van der Waals surface area contributed by atoms with Crippen LogP contribution >= 0.6 is 0 Å². The maximum Gasteiger partial charge on any atom is 0.127 e. The number of hydrogen-bond acceptors (Lipinski definition) is 2. The van der Waals surface area contributed by atoms with E-state index >= 15 is 0 Å². The van der Waals surface area contributed by atoms with Crippen LogP contribution in [0.5, 0.6) is 0 Å². The normalized spacial score (nSPS) is 37.7. The van der Waals surface area contributed by atoms with Gasteiger partial charge in [0.1, 0.15) is 5.82 Å². The molecule has 0 atom stereocenters. The molecule has 18 heavy (non-hydrogen) atoms. The smallest absolute Gasteiger partial charge is 0.127 e. The van der Waals surface area contributed by atoms with Gasteiger partial charge in [-0.1, -0.05) is 12.1 Å². The molecule has 2 nitrogen and oxygen atoms in total. The van der Waals surface area contributed by atoms with Gasteiger partial charge in [-0.2, -0.15) is 0 Å². The predicted molar refractivity (Wildman–Crippen MR) is 68.6 cm³/mol. The molecule has 5 rings (SSSR count). The van der Waals surface area contributed by atoms with Gasteiger partial charge in [0, 0.05) is 30.7 Å². The molecule has 3 aliphatic carbocycles. The third-order valence-corrected chi connectivity index (χ3v) is 5.04. The predicted octanol–water partition coefficient (Wildman–Crippen LogP) is 2.07. The van der Waals surface area contributed by atoms with E-state index < -0.39 is 0 Å². The summed E-state index contributed by atoms with van der Waals surface area (Å²) in [5, 5.41) is 0. The number of hydrogen-bond donors (Lipinski definition) is 1. The van der Waals surface area contributed by atoms with Gasteiger partial charge in [-0.3, -0.25) is 4.90 Å². The van der Waals surface area contributed by atoms with E-state index in [1.165, 1.54) is 24.8 Å². The molecule has 4 aliphatic rings. The molecule has 1 aromatic rings. The maximum absolute atomic E-state index is 13.8. The molecule has 3 fully saturated rings. The van der Waals surface area contributed by atoms with Crippen molar-refractivity contribution in [1.82, 2.24) is 4.90 Å². The first-order chi connectivity index (χ1) is 8.58. The Balaban J connectivity index is 1.49. The van der Waals surface area contributed by atoms with Gasteiger partial charge in [0.15, 0.2) is 0 Å². The molecule has 0 amide bonds. The molecule has 0 unspecified atom stereocenters. The minimum Gasteiger partial charge on any atom is -0.325 e. The Kier molecular flexibility index (Phi) is 2.03. The Hall–Kier alpha value is -0.930. The Morgan fingerprint density at radius 3 is 2.78 bits per heavy atom. The van der Waals surface area contributed by atoms with Crippen molar-refractivity contribution in [2.45, 2.75) is 37.8 Å². The Morgan fingerprint density at radius 1 is 1.28 bits per heavy atom. The molecule has 1 aliphatic heterocycles. The van der Waals surface area contributed by atoms with Crippen LogP contribution in [0.25, 0.3) is 0 Å². The topological polar surface area (TPSA) is 29.3 Å². The van der Waals surface area contributed by atoms with Crippen molar-refractivity contribution < 1.29 is 4.39 Å². The summed E-state index contributed by atoms with van der Waals surface area (Å²) in [6.07, 6.45) is 4.53. The van der Waals surface area contributed by atoms with Crippen LogP contribution in [0.2, 0.25) is 0 Å². The molecule has 0 aromatic heterocycles. The van der Waals surface area contributed by atoms with Gasteiger partial charge >= 0.3 is 0 Å². The number of nitrogens with zero attached hydrogens (tertiary/aromatic N) is 1. The first-order valence-corrected chi connectivity index (χ1v) is 6.85. The molecular weight excluding hydrogens is 227 g/mol. The lowest BCUT2D eigenvalue weighted by Gasteiger charge is -2.70. The molecule has 0 saturated heterocycles. The molecular formula is C15H19FN2. The fraction of sp³-hybridized carbons (Fsp3) is 0.600. The van der Waals surface area contributed by atoms with Crippen molar-refractivity contribution in [3.63, 3.8) is 0 Å². The summed E-state index contributed by atoms with van der Waals surface area (Å²) in [7, 11) is 0. The standard InChI is InChI=1S/C15H19FN2/c16-13-3-1-2-11-4-5-18(6-12(11)13)10-14-7-15(17,8-14)9-14/h1-3H,4-10,17H2. The summed E-state index contributed by atoms with van der Waals surface area (Å²) < 4.78 is 13.8. The second-order valence-corrected chi connectivity index (χ2v) is 6.73. The van der Waals surface area contributed by atoms with E-state index in [2.05, 4.69) is 11.0 Å². The van der Waals surface area contributed by atoms with Crippen molar-refractivity contribution in [2.75, 3.05) is 13.1 Å². The number of benzene rings is 1. The summed E-state index contributed by atoms with van der Waals surface area (Å²) in [5.74, 6) is -0.0370. The van der Waals surface area contributed by atoms with E-state index in [0.29, 0.717) is 5.41 Å². The highest BCUT2D eigenvalue weighted by Gasteiger charge is 2.65. The van der Waals surface area contributed by atoms with Gasteiger partial charge in [-0.05, 0) is 42.7 Å². The number of fused-ring (bicyclic) bond motifs is 1. The lowest BCUT2D eigenvalue weighted by molar-refractivity contribution is -0.148. The second kappa shape index (κ2) is 3.34. The van der Waals surface area contributed by atoms with E-state index in [1.807, 2.05) is 6.07 Å². The number of halogens is 1. The zero-order valence-corrected chi connectivity index (χ0v) is 10.6. The van der Waals surface area contributed by atoms with Crippen molar-refractivity contribution >= 4 is 0 Å². The summed E-state index contributed by atoms with van der Waals surface area (Å²) in [4.78, 5) is 2.42. The molecule has 1 heterocycles. The molecule has 0 radical (unpaired) electrons. The van der Waals surface area contributed by atoms with Crippen LogP contribution in [0.4, 0.5) is 4.39 Å². The van der Waals surface area contributed by atoms with E-state index in [9.17, 15) is 4.39 Å². The van der Waals surface area contributed by atoms with Crippen molar-refractivity contribution in [3.8, 4) is 0 Å². The summed E-state index contributed by atoms with van der Waals surface area (Å²) in [6, 6.07) is 5.47. The number of nitrogens with two attached hydrogens (primary N) is 1. The van der Waals surface area contributed by atoms with Gasteiger partial charge < -0.3 is 5.73 Å². The molecule has 0 spiro atoms. The second-order valence-electron chi connectivity index (χ2n) is 6.73. The lowest BCUT2D eigenvalue weighted by Crippen LogP contribution is -2.74. The highest BCUT2D eigenvalue weighted by molar-refractivity contribution is 5.31. The van der Waals surface area contributed by atoms with Gasteiger partial charge in [-0.15, -0.1) is 0 Å². The van der Waals surface area contributed by atoms with Crippen LogP contribution in [0, 0.1) is 11.2 Å². The zero-order valence-electron chi connectivity index (χ0n) is 10.6. The lowest BCUT2D eigenvalue weighted by atomic mass is 9.39. The quantitative estimate of drug-likeness (QED) is 0.865. The van der Waals surface area contributed by atoms with Crippen LogP contribution in [0.1, 0.15) is 30.4 Å². The van der Waals surface area contributed by atoms with E-state index in [-0.39, 0.29) is 11.4 Å². The third kappa shape index (κ3) is 1.47. The van der Waals surface area contributed by atoms with Crippen LogP contribution in [-0.4, -0.2) is 23.5 Å². The molecule has 96 valence electrons. The first kappa shape index (κ1) is 10.9. The van der Waals surface area contributed by atoms with Crippen molar-refractivity contribution in [3.05, 3.63) is 35.1 Å². The third-order valence-electron chi connectivity index (χ3n) is 5.04. The molecule has 2 bridgehead atoms. The van der Waals surface area contributed by atoms with E-state index in [1.54, 1.807) is 6.07 Å². The van der Waals surface area contributed by atoms with Gasteiger partial charge in [0.25, 0.3) is 0 Å². The average molecular weight is 246 g/mol. The van der Waals surface area contributed by atoms with E-state index in [4.69, 9.17) is 5.73 Å². The summed E-state index contributed by atoms with van der Waals surface area (Å²) >= 11 is 0. The largest absolute Gasteiger partial charge is 0.325 e. The average Bonchev–Trinajstić information content (AvgIpc) is 2.27. The van der Waals surface area contributed by atoms with E-state index in [0.717, 1.165) is 31.6 Å². The van der Waals surface area contributed by atoms with Crippen LogP contribution < -0.4 is 5.73 Å². The number of rotatable bonds is 2. The van der Waals surface area contributed by atoms with Crippen molar-refractivity contribution in [2.24, 2.45) is 11.1 Å². The van der Waals surface area contributed by atoms with Crippen LogP contribution in [0.3, 0.4) is 0 Å². The zero-order chi connectivity index (χ0) is 12.4. The molecule has 2 N–H and O–H groups in total. The summed E-state index contributed by atoms with van der Waals surface area (Å²) in [6.45, 7) is 2.96. The van der Waals surface area contributed by atoms with Crippen LogP contribution in [-0.2, 0) is 13.0 Å².